The van der Waals surface area contributed by atoms with Crippen LogP contribution in [-0.4, -0.2) is 29.6 Å². The van der Waals surface area contributed by atoms with Gasteiger partial charge in [0.1, 0.15) is 0 Å². The van der Waals surface area contributed by atoms with Crippen molar-refractivity contribution in [2.75, 3.05) is 19.6 Å². The van der Waals surface area contributed by atoms with E-state index in [0.29, 0.717) is 0 Å². The average molecular weight is 282 g/mol. The first-order chi connectivity index (χ1) is 9.06. The molecule has 1 fully saturated rings. The minimum absolute atomic E-state index is 0.382. The predicted molar refractivity (Wildman–Crippen MR) is 80.4 cm³/mol. The lowest BCUT2D eigenvalue weighted by Gasteiger charge is -2.35. The van der Waals surface area contributed by atoms with Gasteiger partial charge in [-0.3, -0.25) is 0 Å². The van der Waals surface area contributed by atoms with Crippen LogP contribution in [0.2, 0.25) is 5.02 Å². The molecular weight excluding hydrogens is 258 g/mol. The minimum atomic E-state index is -0.382. The van der Waals surface area contributed by atoms with E-state index in [4.69, 9.17) is 11.6 Å². The summed E-state index contributed by atoms with van der Waals surface area (Å²) in [5.41, 5.74) is 0.961. The van der Waals surface area contributed by atoms with E-state index in [9.17, 15) is 5.11 Å². The van der Waals surface area contributed by atoms with Crippen LogP contribution in [-0.2, 0) is 0 Å². The van der Waals surface area contributed by atoms with Crippen molar-refractivity contribution in [3.05, 3.63) is 34.9 Å². The van der Waals surface area contributed by atoms with Crippen LogP contribution in [0.4, 0.5) is 0 Å². The number of benzene rings is 1. The highest BCUT2D eigenvalue weighted by atomic mass is 35.5. The summed E-state index contributed by atoms with van der Waals surface area (Å²) in [6.45, 7) is 7.96. The molecule has 2 nitrogen and oxygen atoms in total. The summed E-state index contributed by atoms with van der Waals surface area (Å²) < 4.78 is 0. The molecule has 3 unspecified atom stereocenters. The third-order valence-corrected chi connectivity index (χ3v) is 4.64. The molecule has 1 aromatic carbocycles. The summed E-state index contributed by atoms with van der Waals surface area (Å²) in [5.74, 6) is 1.60. The van der Waals surface area contributed by atoms with Crippen LogP contribution < -0.4 is 0 Å². The Labute approximate surface area is 121 Å². The maximum atomic E-state index is 10.2. The lowest BCUT2D eigenvalue weighted by atomic mass is 9.88. The second-order valence-corrected chi connectivity index (χ2v) is 6.34. The first-order valence-electron chi connectivity index (χ1n) is 7.22. The standard InChI is InChI=1S/C16H24ClNO/c1-12-7-9-18(11-13(12)2)10-8-16(19)14-3-5-15(17)6-4-14/h3-6,12-13,16,19H,7-11H2,1-2H3. The molecule has 3 heteroatoms. The summed E-state index contributed by atoms with van der Waals surface area (Å²) in [7, 11) is 0. The third-order valence-electron chi connectivity index (χ3n) is 4.39. The molecule has 1 aromatic rings. The van der Waals surface area contributed by atoms with Crippen molar-refractivity contribution in [2.45, 2.75) is 32.8 Å². The molecular formula is C16H24ClNO. The summed E-state index contributed by atoms with van der Waals surface area (Å²) in [6.07, 6.45) is 1.69. The van der Waals surface area contributed by atoms with Crippen molar-refractivity contribution < 1.29 is 5.11 Å². The predicted octanol–water partition coefficient (Wildman–Crippen LogP) is 3.74. The Morgan fingerprint density at radius 2 is 1.95 bits per heavy atom. The molecule has 1 aliphatic rings. The van der Waals surface area contributed by atoms with Crippen LogP contribution in [0.1, 0.15) is 38.4 Å². The molecule has 0 amide bonds. The molecule has 0 spiro atoms. The van der Waals surface area contributed by atoms with E-state index < -0.39 is 0 Å². The zero-order chi connectivity index (χ0) is 13.8. The summed E-state index contributed by atoms with van der Waals surface area (Å²) in [5, 5.41) is 10.9. The number of hydrogen-bond donors (Lipinski definition) is 1. The number of nitrogens with zero attached hydrogens (tertiary/aromatic N) is 1. The number of halogens is 1. The Bertz CT molecular complexity index is 392. The molecule has 3 atom stereocenters. The van der Waals surface area contributed by atoms with E-state index in [0.717, 1.165) is 41.9 Å². The lowest BCUT2D eigenvalue weighted by molar-refractivity contribution is 0.103. The van der Waals surface area contributed by atoms with Crippen LogP contribution in [0, 0.1) is 11.8 Å². The molecule has 0 aromatic heterocycles. The summed E-state index contributed by atoms with van der Waals surface area (Å²) >= 11 is 5.85. The first-order valence-corrected chi connectivity index (χ1v) is 7.60. The minimum Gasteiger partial charge on any atom is -0.388 e. The van der Waals surface area contributed by atoms with E-state index >= 15 is 0 Å². The number of piperidine rings is 1. The topological polar surface area (TPSA) is 23.5 Å². The fourth-order valence-corrected chi connectivity index (χ4v) is 2.83. The normalized spacial score (nSPS) is 26.3. The van der Waals surface area contributed by atoms with E-state index in [1.54, 1.807) is 0 Å². The molecule has 0 aliphatic carbocycles. The smallest absolute Gasteiger partial charge is 0.0802 e. The van der Waals surface area contributed by atoms with E-state index in [1.165, 1.54) is 13.0 Å². The molecule has 1 aliphatic heterocycles. The van der Waals surface area contributed by atoms with Crippen LogP contribution in [0.3, 0.4) is 0 Å². The molecule has 0 saturated carbocycles. The van der Waals surface area contributed by atoms with Crippen molar-refractivity contribution in [2.24, 2.45) is 11.8 Å². The van der Waals surface area contributed by atoms with Gasteiger partial charge in [-0.1, -0.05) is 37.6 Å². The molecule has 0 radical (unpaired) electrons. The van der Waals surface area contributed by atoms with Gasteiger partial charge in [-0.2, -0.15) is 0 Å². The van der Waals surface area contributed by atoms with Crippen LogP contribution in [0.15, 0.2) is 24.3 Å². The SMILES string of the molecule is CC1CCN(CCC(O)c2ccc(Cl)cc2)CC1C. The van der Waals surface area contributed by atoms with Gasteiger partial charge in [-0.15, -0.1) is 0 Å². The molecule has 106 valence electrons. The van der Waals surface area contributed by atoms with Gasteiger partial charge in [-0.25, -0.2) is 0 Å². The Kier molecular flexibility index (Phi) is 5.26. The van der Waals surface area contributed by atoms with Crippen molar-refractivity contribution >= 4 is 11.6 Å². The average Bonchev–Trinajstić information content (AvgIpc) is 2.40. The fraction of sp³-hybridized carbons (Fsp3) is 0.625. The maximum absolute atomic E-state index is 10.2. The summed E-state index contributed by atoms with van der Waals surface area (Å²) in [6, 6.07) is 7.50. The van der Waals surface area contributed by atoms with Gasteiger partial charge in [0.05, 0.1) is 6.10 Å². The fourth-order valence-electron chi connectivity index (χ4n) is 2.71. The molecule has 1 N–H and O–H groups in total. The molecule has 2 rings (SSSR count). The Balaban J connectivity index is 1.80. The van der Waals surface area contributed by atoms with Gasteiger partial charge in [0, 0.05) is 18.1 Å². The number of hydrogen-bond acceptors (Lipinski definition) is 2. The van der Waals surface area contributed by atoms with Crippen LogP contribution in [0.5, 0.6) is 0 Å². The van der Waals surface area contributed by atoms with E-state index in [1.807, 2.05) is 24.3 Å². The molecule has 0 bridgehead atoms. The zero-order valence-electron chi connectivity index (χ0n) is 11.8. The highest BCUT2D eigenvalue weighted by molar-refractivity contribution is 6.30. The largest absolute Gasteiger partial charge is 0.388 e. The van der Waals surface area contributed by atoms with Crippen molar-refractivity contribution in [1.82, 2.24) is 4.90 Å². The monoisotopic (exact) mass is 281 g/mol. The van der Waals surface area contributed by atoms with Crippen molar-refractivity contribution in [3.63, 3.8) is 0 Å². The van der Waals surface area contributed by atoms with Gasteiger partial charge in [0.2, 0.25) is 0 Å². The van der Waals surface area contributed by atoms with E-state index in [2.05, 4.69) is 18.7 Å². The number of aliphatic hydroxyl groups excluding tert-OH is 1. The van der Waals surface area contributed by atoms with E-state index in [-0.39, 0.29) is 6.10 Å². The van der Waals surface area contributed by atoms with Crippen molar-refractivity contribution in [1.29, 1.82) is 0 Å². The number of likely N-dealkylation sites (tertiary alicyclic amines) is 1. The molecule has 1 saturated heterocycles. The quantitative estimate of drug-likeness (QED) is 0.909. The lowest BCUT2D eigenvalue weighted by Crippen LogP contribution is -2.39. The van der Waals surface area contributed by atoms with Gasteiger partial charge in [0.25, 0.3) is 0 Å². The number of rotatable bonds is 4. The highest BCUT2D eigenvalue weighted by Crippen LogP contribution is 2.24. The highest BCUT2D eigenvalue weighted by Gasteiger charge is 2.22. The van der Waals surface area contributed by atoms with Gasteiger partial charge < -0.3 is 10.0 Å². The Hall–Kier alpha value is -0.570. The third kappa shape index (κ3) is 4.20. The second kappa shape index (κ2) is 6.74. The van der Waals surface area contributed by atoms with Gasteiger partial charge in [0.15, 0.2) is 0 Å². The van der Waals surface area contributed by atoms with Gasteiger partial charge >= 0.3 is 0 Å². The second-order valence-electron chi connectivity index (χ2n) is 5.90. The van der Waals surface area contributed by atoms with Gasteiger partial charge in [-0.05, 0) is 48.9 Å². The van der Waals surface area contributed by atoms with Crippen LogP contribution in [0.25, 0.3) is 0 Å². The number of aliphatic hydroxyl groups is 1. The Morgan fingerprint density at radius 3 is 2.58 bits per heavy atom. The Morgan fingerprint density at radius 1 is 1.26 bits per heavy atom. The van der Waals surface area contributed by atoms with Crippen LogP contribution >= 0.6 is 11.6 Å². The zero-order valence-corrected chi connectivity index (χ0v) is 12.6. The maximum Gasteiger partial charge on any atom is 0.0802 e. The molecule has 1 heterocycles. The first kappa shape index (κ1) is 14.8. The molecule has 19 heavy (non-hydrogen) atoms. The summed E-state index contributed by atoms with van der Waals surface area (Å²) in [4.78, 5) is 2.48. The van der Waals surface area contributed by atoms with Crippen molar-refractivity contribution in [3.8, 4) is 0 Å².